The van der Waals surface area contributed by atoms with Crippen LogP contribution in [0.2, 0.25) is 0 Å². The van der Waals surface area contributed by atoms with Crippen molar-refractivity contribution in [2.75, 3.05) is 11.5 Å². The van der Waals surface area contributed by atoms with Crippen LogP contribution < -0.4 is 16.2 Å². The van der Waals surface area contributed by atoms with Gasteiger partial charge in [-0.05, 0) is 45.3 Å². The fourth-order valence-electron chi connectivity index (χ4n) is 1.84. The average Bonchev–Trinajstić information content (AvgIpc) is 2.52. The first-order valence-corrected chi connectivity index (χ1v) is 8.38. The Morgan fingerprint density at radius 1 is 1.32 bits per heavy atom. The van der Waals surface area contributed by atoms with Crippen molar-refractivity contribution in [3.8, 4) is 0 Å². The zero-order chi connectivity index (χ0) is 14.7. The van der Waals surface area contributed by atoms with E-state index >= 15 is 0 Å². The third kappa shape index (κ3) is 6.72. The molecule has 8 heteroatoms. The van der Waals surface area contributed by atoms with E-state index < -0.39 is 9.84 Å². The van der Waals surface area contributed by atoms with E-state index in [2.05, 4.69) is 16.2 Å². The molecule has 19 heavy (non-hydrogen) atoms. The standard InChI is InChI=1S/C11H21N3O3S2/c1-11(2,3)12-10(18)14-13-9(15)6-8-4-5-19(16,17)7-8/h8H,4-7H2,1-3H3,(H,13,15)(H2,12,14,18)/t8-/m1/s1. The largest absolute Gasteiger partial charge is 0.357 e. The van der Waals surface area contributed by atoms with E-state index in [1.165, 1.54) is 0 Å². The van der Waals surface area contributed by atoms with Gasteiger partial charge in [0.15, 0.2) is 14.9 Å². The first-order valence-electron chi connectivity index (χ1n) is 6.15. The molecule has 1 aliphatic rings. The highest BCUT2D eigenvalue weighted by Crippen LogP contribution is 2.21. The fourth-order valence-corrected chi connectivity index (χ4v) is 4.06. The molecule has 1 atom stereocenters. The van der Waals surface area contributed by atoms with Gasteiger partial charge >= 0.3 is 0 Å². The predicted molar refractivity (Wildman–Crippen MR) is 78.1 cm³/mol. The van der Waals surface area contributed by atoms with Crippen molar-refractivity contribution in [2.24, 2.45) is 5.92 Å². The van der Waals surface area contributed by atoms with E-state index in [4.69, 9.17) is 12.2 Å². The van der Waals surface area contributed by atoms with Gasteiger partial charge in [-0.1, -0.05) is 0 Å². The Bertz CT molecular complexity index is 454. The van der Waals surface area contributed by atoms with Crippen molar-refractivity contribution in [3.63, 3.8) is 0 Å². The highest BCUT2D eigenvalue weighted by Gasteiger charge is 2.29. The molecule has 1 fully saturated rings. The fraction of sp³-hybridized carbons (Fsp3) is 0.818. The summed E-state index contributed by atoms with van der Waals surface area (Å²) >= 11 is 5.01. The molecule has 0 radical (unpaired) electrons. The van der Waals surface area contributed by atoms with Gasteiger partial charge in [0.05, 0.1) is 11.5 Å². The summed E-state index contributed by atoms with van der Waals surface area (Å²) in [6.07, 6.45) is 0.755. The van der Waals surface area contributed by atoms with Gasteiger partial charge < -0.3 is 5.32 Å². The maximum Gasteiger partial charge on any atom is 0.238 e. The number of hydrogen-bond donors (Lipinski definition) is 3. The minimum absolute atomic E-state index is 0.0871. The van der Waals surface area contributed by atoms with Crippen LogP contribution in [0.5, 0.6) is 0 Å². The number of carbonyl (C=O) groups is 1. The Hall–Kier alpha value is -0.890. The molecule has 1 saturated heterocycles. The number of rotatable bonds is 2. The monoisotopic (exact) mass is 307 g/mol. The molecule has 1 heterocycles. The summed E-state index contributed by atoms with van der Waals surface area (Å²) < 4.78 is 22.5. The lowest BCUT2D eigenvalue weighted by molar-refractivity contribution is -0.122. The molecule has 0 bridgehead atoms. The van der Waals surface area contributed by atoms with Crippen LogP contribution in [0.25, 0.3) is 0 Å². The lowest BCUT2D eigenvalue weighted by atomic mass is 10.1. The van der Waals surface area contributed by atoms with Gasteiger partial charge in [0.25, 0.3) is 0 Å². The van der Waals surface area contributed by atoms with E-state index in [0.717, 1.165) is 0 Å². The number of nitrogens with one attached hydrogen (secondary N) is 3. The van der Waals surface area contributed by atoms with Crippen LogP contribution in [-0.2, 0) is 14.6 Å². The van der Waals surface area contributed by atoms with Crippen molar-refractivity contribution >= 4 is 33.1 Å². The summed E-state index contributed by atoms with van der Waals surface area (Å²) in [7, 11) is -2.93. The average molecular weight is 307 g/mol. The van der Waals surface area contributed by atoms with Crippen LogP contribution in [0.4, 0.5) is 0 Å². The maximum absolute atomic E-state index is 11.6. The molecule has 0 aromatic heterocycles. The normalized spacial score (nSPS) is 21.7. The zero-order valence-electron chi connectivity index (χ0n) is 11.4. The van der Waals surface area contributed by atoms with E-state index in [0.29, 0.717) is 11.5 Å². The van der Waals surface area contributed by atoms with Crippen LogP contribution in [0, 0.1) is 5.92 Å². The van der Waals surface area contributed by atoms with Gasteiger partial charge in [0.2, 0.25) is 5.91 Å². The van der Waals surface area contributed by atoms with Crippen molar-refractivity contribution in [2.45, 2.75) is 39.2 Å². The van der Waals surface area contributed by atoms with E-state index in [9.17, 15) is 13.2 Å². The molecule has 1 aliphatic heterocycles. The van der Waals surface area contributed by atoms with Crippen molar-refractivity contribution < 1.29 is 13.2 Å². The zero-order valence-corrected chi connectivity index (χ0v) is 13.1. The third-order valence-corrected chi connectivity index (χ3v) is 4.65. The second-order valence-electron chi connectivity index (χ2n) is 5.85. The highest BCUT2D eigenvalue weighted by atomic mass is 32.2. The molecule has 6 nitrogen and oxygen atoms in total. The van der Waals surface area contributed by atoms with Gasteiger partial charge in [-0.25, -0.2) is 8.42 Å². The molecule has 0 saturated carbocycles. The quantitative estimate of drug-likeness (QED) is 0.496. The molecule has 0 aromatic carbocycles. The molecule has 0 aliphatic carbocycles. The minimum atomic E-state index is -2.93. The number of hydrazine groups is 1. The van der Waals surface area contributed by atoms with Gasteiger partial charge in [-0.2, -0.15) is 0 Å². The molecular formula is C11H21N3O3S2. The molecule has 110 valence electrons. The summed E-state index contributed by atoms with van der Waals surface area (Å²) in [6.45, 7) is 5.85. The Kier molecular flexibility index (Phi) is 5.14. The van der Waals surface area contributed by atoms with E-state index in [1.54, 1.807) is 0 Å². The summed E-state index contributed by atoms with van der Waals surface area (Å²) in [4.78, 5) is 11.6. The number of thiocarbonyl (C=S) groups is 1. The number of carbonyl (C=O) groups excluding carboxylic acids is 1. The summed E-state index contributed by atoms with van der Waals surface area (Å²) in [6, 6.07) is 0. The molecular weight excluding hydrogens is 286 g/mol. The molecule has 0 unspecified atom stereocenters. The Morgan fingerprint density at radius 3 is 2.42 bits per heavy atom. The first-order chi connectivity index (χ1) is 8.57. The van der Waals surface area contributed by atoms with Crippen LogP contribution >= 0.6 is 12.2 Å². The van der Waals surface area contributed by atoms with E-state index in [-0.39, 0.29) is 35.3 Å². The van der Waals surface area contributed by atoms with Crippen LogP contribution in [-0.4, -0.2) is 36.5 Å². The van der Waals surface area contributed by atoms with Crippen molar-refractivity contribution in [3.05, 3.63) is 0 Å². The Labute approximate surface area is 119 Å². The topological polar surface area (TPSA) is 87.3 Å². The number of amides is 1. The van der Waals surface area contributed by atoms with Gasteiger partial charge in [-0.15, -0.1) is 0 Å². The number of hydrogen-bond acceptors (Lipinski definition) is 4. The van der Waals surface area contributed by atoms with Crippen molar-refractivity contribution in [1.29, 1.82) is 0 Å². The van der Waals surface area contributed by atoms with Crippen LogP contribution in [0.1, 0.15) is 33.6 Å². The summed E-state index contributed by atoms with van der Waals surface area (Å²) in [5.74, 6) is -0.0517. The third-order valence-electron chi connectivity index (χ3n) is 2.60. The van der Waals surface area contributed by atoms with Gasteiger partial charge in [0, 0.05) is 12.0 Å². The maximum atomic E-state index is 11.6. The van der Waals surface area contributed by atoms with Crippen LogP contribution in [0.3, 0.4) is 0 Å². The molecule has 0 aromatic rings. The second kappa shape index (κ2) is 6.04. The Balaban J connectivity index is 2.27. The number of sulfone groups is 1. The summed E-state index contributed by atoms with van der Waals surface area (Å²) in [5.41, 5.74) is 4.89. The van der Waals surface area contributed by atoms with Crippen LogP contribution in [0.15, 0.2) is 0 Å². The first kappa shape index (κ1) is 16.2. The van der Waals surface area contributed by atoms with Crippen molar-refractivity contribution in [1.82, 2.24) is 16.2 Å². The molecule has 1 amide bonds. The lowest BCUT2D eigenvalue weighted by Crippen LogP contribution is -2.52. The molecule has 3 N–H and O–H groups in total. The molecule has 1 rings (SSSR count). The Morgan fingerprint density at radius 2 is 1.95 bits per heavy atom. The predicted octanol–water partition coefficient (Wildman–Crippen LogP) is 0.105. The smallest absolute Gasteiger partial charge is 0.238 e. The van der Waals surface area contributed by atoms with Gasteiger partial charge in [-0.3, -0.25) is 15.6 Å². The SMILES string of the molecule is CC(C)(C)NC(=S)NNC(=O)C[C@H]1CCS(=O)(=O)C1. The molecule has 0 spiro atoms. The lowest BCUT2D eigenvalue weighted by Gasteiger charge is -2.23. The second-order valence-corrected chi connectivity index (χ2v) is 8.49. The van der Waals surface area contributed by atoms with E-state index in [1.807, 2.05) is 20.8 Å². The minimum Gasteiger partial charge on any atom is -0.357 e. The highest BCUT2D eigenvalue weighted by molar-refractivity contribution is 7.91. The van der Waals surface area contributed by atoms with Gasteiger partial charge in [0.1, 0.15) is 0 Å². The summed E-state index contributed by atoms with van der Waals surface area (Å²) in [5, 5.41) is 3.32.